The van der Waals surface area contributed by atoms with E-state index in [9.17, 15) is 23.8 Å². The van der Waals surface area contributed by atoms with Crippen molar-refractivity contribution in [2.24, 2.45) is 0 Å². The second kappa shape index (κ2) is 5.92. The summed E-state index contributed by atoms with van der Waals surface area (Å²) in [6.45, 7) is 0. The maximum atomic E-state index is 9.44. The molecule has 0 aliphatic carbocycles. The zero-order chi connectivity index (χ0) is 7.71. The summed E-state index contributed by atoms with van der Waals surface area (Å²) in [4.78, 5) is 35.7. The van der Waals surface area contributed by atoms with Crippen LogP contribution < -0.4 is 33.5 Å². The fourth-order valence-electron chi connectivity index (χ4n) is 0.126. The summed E-state index contributed by atoms with van der Waals surface area (Å²) in [6, 6.07) is 0. The number of phosphoric acid groups is 2. The Kier molecular flexibility index (Phi) is 9.79. The van der Waals surface area contributed by atoms with E-state index in [-0.39, 0.29) is 35.6 Å². The number of hydrogen-bond donors (Lipinski definition) is 1. The van der Waals surface area contributed by atoms with Crippen molar-refractivity contribution in [1.29, 1.82) is 0 Å². The minimum absolute atomic E-state index is 0. The molecule has 7 nitrogen and oxygen atoms in total. The first kappa shape index (κ1) is 18.2. The van der Waals surface area contributed by atoms with Crippen molar-refractivity contribution in [2.45, 2.75) is 0 Å². The number of hydrogen-bond acceptors (Lipinski definition) is 6. The van der Waals surface area contributed by atoms with Crippen LogP contribution in [0.15, 0.2) is 0 Å². The van der Waals surface area contributed by atoms with E-state index in [1.54, 1.807) is 0 Å². The van der Waals surface area contributed by atoms with Gasteiger partial charge in [0.2, 0.25) is 0 Å². The molecule has 0 aromatic heterocycles. The van der Waals surface area contributed by atoms with Gasteiger partial charge in [0.25, 0.3) is 7.82 Å². The zero-order valence-electron chi connectivity index (χ0n) is 5.12. The second-order valence-electron chi connectivity index (χ2n) is 0.997. The molecule has 0 aromatic carbocycles. The molecule has 11 heavy (non-hydrogen) atoms. The van der Waals surface area contributed by atoms with E-state index in [2.05, 4.69) is 4.31 Å². The van der Waals surface area contributed by atoms with Gasteiger partial charge in [-0.05, 0) is 0 Å². The van der Waals surface area contributed by atoms with Crippen LogP contribution in [-0.4, -0.2) is 4.89 Å². The first-order valence-electron chi connectivity index (χ1n) is 1.48. The van der Waals surface area contributed by atoms with Gasteiger partial charge < -0.3 is 24.1 Å². The second-order valence-corrected chi connectivity index (χ2v) is 3.48. The molecule has 0 fully saturated rings. The number of rotatable bonds is 2. The standard InChI is InChI=1S/Co.Li.H4O7P2/c;;1-8(2,3)7-9(4,5)6/h;;(H2,1,2,3)(H2,4,5,6)/q+2;+1;/p-3. The van der Waals surface area contributed by atoms with Crippen LogP contribution in [0.5, 0.6) is 0 Å². The third-order valence-corrected chi connectivity index (χ3v) is 1.83. The van der Waals surface area contributed by atoms with Gasteiger partial charge in [0.1, 0.15) is 0 Å². The van der Waals surface area contributed by atoms with Crippen LogP contribution in [0.2, 0.25) is 0 Å². The molecule has 1 unspecified atom stereocenters. The predicted molar refractivity (Wildman–Crippen MR) is 18.5 cm³/mol. The van der Waals surface area contributed by atoms with Crippen molar-refractivity contribution >= 4 is 15.6 Å². The summed E-state index contributed by atoms with van der Waals surface area (Å²) in [6.07, 6.45) is 0. The molecule has 0 heterocycles. The van der Waals surface area contributed by atoms with E-state index < -0.39 is 15.6 Å². The maximum absolute atomic E-state index is 9.44. The fourth-order valence-corrected chi connectivity index (χ4v) is 1.14. The van der Waals surface area contributed by atoms with Gasteiger partial charge in [0.05, 0.1) is 7.82 Å². The van der Waals surface area contributed by atoms with E-state index in [0.717, 1.165) is 0 Å². The normalized spacial score (nSPS) is 15.6. The topological polar surface area (TPSA) is 133 Å². The molecule has 63 valence electrons. The molecule has 0 aromatic rings. The molecule has 0 rings (SSSR count). The van der Waals surface area contributed by atoms with Gasteiger partial charge in [-0.2, -0.15) is 0 Å². The molecule has 0 aliphatic rings. The minimum atomic E-state index is -5.61. The molecular weight excluding hydrogens is 240 g/mol. The van der Waals surface area contributed by atoms with E-state index in [1.165, 1.54) is 0 Å². The van der Waals surface area contributed by atoms with Crippen molar-refractivity contribution in [3.63, 3.8) is 0 Å². The van der Waals surface area contributed by atoms with Crippen LogP contribution in [0.4, 0.5) is 0 Å². The van der Waals surface area contributed by atoms with Gasteiger partial charge in [0, 0.05) is 0 Å². The maximum Gasteiger partial charge on any atom is 2.00 e. The zero-order valence-corrected chi connectivity index (χ0v) is 7.95. The Hall–Kier alpha value is 1.36. The SMILES string of the molecule is O=P([O-])([O-])OP(=O)([O-])O.[Co+2].[Li+]. The summed E-state index contributed by atoms with van der Waals surface area (Å²) < 4.78 is 21.4. The third kappa shape index (κ3) is 18.4. The molecule has 1 radical (unpaired) electrons. The van der Waals surface area contributed by atoms with E-state index in [1.807, 2.05) is 0 Å². The van der Waals surface area contributed by atoms with Crippen molar-refractivity contribution in [2.75, 3.05) is 0 Å². The third-order valence-electron chi connectivity index (χ3n) is 0.203. The first-order valence-corrected chi connectivity index (χ1v) is 4.43. The van der Waals surface area contributed by atoms with Gasteiger partial charge in [-0.1, -0.05) is 0 Å². The van der Waals surface area contributed by atoms with Gasteiger partial charge in [0.15, 0.2) is 0 Å². The van der Waals surface area contributed by atoms with Gasteiger partial charge in [-0.3, -0.25) is 8.88 Å². The van der Waals surface area contributed by atoms with Crippen LogP contribution in [-0.2, 0) is 30.2 Å². The summed E-state index contributed by atoms with van der Waals surface area (Å²) in [5.41, 5.74) is 0. The van der Waals surface area contributed by atoms with Crippen molar-refractivity contribution in [1.82, 2.24) is 0 Å². The van der Waals surface area contributed by atoms with Crippen molar-refractivity contribution in [3.8, 4) is 0 Å². The Morgan fingerprint density at radius 2 is 1.45 bits per heavy atom. The van der Waals surface area contributed by atoms with Gasteiger partial charge in [-0.15, -0.1) is 0 Å². The monoisotopic (exact) mass is 241 g/mol. The van der Waals surface area contributed by atoms with E-state index in [4.69, 9.17) is 4.89 Å². The predicted octanol–water partition coefficient (Wildman–Crippen LogP) is -5.71. The van der Waals surface area contributed by atoms with Crippen LogP contribution in [0.3, 0.4) is 0 Å². The van der Waals surface area contributed by atoms with E-state index >= 15 is 0 Å². The summed E-state index contributed by atoms with van der Waals surface area (Å²) in [7, 11) is -11.0. The molecule has 0 bridgehead atoms. The molecule has 11 heteroatoms. The molecule has 0 aliphatic heterocycles. The fraction of sp³-hybridized carbons (Fsp3) is 0. The smallest absolute Gasteiger partial charge is 0.790 e. The summed E-state index contributed by atoms with van der Waals surface area (Å²) in [5, 5.41) is 0. The molecule has 0 saturated carbocycles. The Morgan fingerprint density at radius 3 is 1.45 bits per heavy atom. The largest absolute Gasteiger partial charge is 2.00 e. The van der Waals surface area contributed by atoms with Gasteiger partial charge >= 0.3 is 35.6 Å². The molecule has 1 atom stereocenters. The molecule has 1 N–H and O–H groups in total. The van der Waals surface area contributed by atoms with Crippen LogP contribution in [0, 0.1) is 0 Å². The Balaban J connectivity index is -0.000000320. The molecular formula is HCoLiO7P2. The van der Waals surface area contributed by atoms with Crippen LogP contribution in [0.1, 0.15) is 0 Å². The Labute approximate surface area is 84.4 Å². The van der Waals surface area contributed by atoms with Gasteiger partial charge in [-0.25, -0.2) is 0 Å². The van der Waals surface area contributed by atoms with Crippen molar-refractivity contribution in [3.05, 3.63) is 0 Å². The Bertz CT molecular complexity index is 157. The summed E-state index contributed by atoms with van der Waals surface area (Å²) in [5.74, 6) is 0. The minimum Gasteiger partial charge on any atom is -0.790 e. The molecule has 0 saturated heterocycles. The van der Waals surface area contributed by atoms with E-state index in [0.29, 0.717) is 0 Å². The average molecular weight is 241 g/mol. The quantitative estimate of drug-likeness (QED) is 0.376. The van der Waals surface area contributed by atoms with Crippen LogP contribution in [0.25, 0.3) is 0 Å². The Morgan fingerprint density at radius 1 is 1.18 bits per heavy atom. The summed E-state index contributed by atoms with van der Waals surface area (Å²) >= 11 is 0. The first-order chi connectivity index (χ1) is 3.71. The van der Waals surface area contributed by atoms with Crippen molar-refractivity contribution < 1.29 is 68.7 Å². The van der Waals surface area contributed by atoms with Crippen LogP contribution >= 0.6 is 15.6 Å². The average Bonchev–Trinajstić information content (AvgIpc) is 1.14. The molecule has 0 amide bonds. The molecule has 0 spiro atoms.